The summed E-state index contributed by atoms with van der Waals surface area (Å²) in [6.45, 7) is 1.19. The Morgan fingerprint density at radius 3 is 2.46 bits per heavy atom. The Morgan fingerprint density at radius 1 is 1.17 bits per heavy atom. The quantitative estimate of drug-likeness (QED) is 0.847. The fraction of sp³-hybridized carbons (Fsp3) is 0.588. The third-order valence-electron chi connectivity index (χ3n) is 4.93. The molecule has 1 N–H and O–H groups in total. The summed E-state index contributed by atoms with van der Waals surface area (Å²) in [4.78, 5) is 12.5. The van der Waals surface area contributed by atoms with Gasteiger partial charge in [0.05, 0.1) is 11.2 Å². The number of carbonyl (C=O) groups excluding carboxylic acids is 1. The van der Waals surface area contributed by atoms with Crippen molar-refractivity contribution in [2.75, 3.05) is 25.4 Å². The highest BCUT2D eigenvalue weighted by Crippen LogP contribution is 2.49. The molecule has 1 amide bonds. The van der Waals surface area contributed by atoms with Gasteiger partial charge in [-0.25, -0.2) is 17.1 Å². The lowest BCUT2D eigenvalue weighted by Crippen LogP contribution is -2.42. The molecule has 1 aliphatic carbocycles. The lowest BCUT2D eigenvalue weighted by atomic mass is 9.94. The predicted octanol–water partition coefficient (Wildman–Crippen LogP) is 1.79. The smallest absolute Gasteiger partial charge is 0.230 e. The maximum Gasteiger partial charge on any atom is 0.230 e. The Bertz CT molecular complexity index is 710. The SMILES string of the molecule is O=C(NCCS(=O)(=O)N1CCCCC1)C1(c2ccccc2F)CC1. The molecule has 0 spiro atoms. The molecule has 1 saturated heterocycles. The van der Waals surface area contributed by atoms with Crippen LogP contribution in [0.4, 0.5) is 4.39 Å². The zero-order chi connectivity index (χ0) is 17.2. The van der Waals surface area contributed by atoms with Crippen LogP contribution in [-0.2, 0) is 20.2 Å². The van der Waals surface area contributed by atoms with Gasteiger partial charge in [0.25, 0.3) is 0 Å². The monoisotopic (exact) mass is 354 g/mol. The molecule has 1 heterocycles. The van der Waals surface area contributed by atoms with Gasteiger partial charge in [-0.15, -0.1) is 0 Å². The molecule has 5 nitrogen and oxygen atoms in total. The first-order chi connectivity index (χ1) is 11.5. The molecule has 0 radical (unpaired) electrons. The fourth-order valence-electron chi connectivity index (χ4n) is 3.33. The summed E-state index contributed by atoms with van der Waals surface area (Å²) in [6.07, 6.45) is 4.04. The largest absolute Gasteiger partial charge is 0.354 e. The molecule has 132 valence electrons. The molecule has 0 atom stereocenters. The van der Waals surface area contributed by atoms with Crippen LogP contribution in [0.3, 0.4) is 0 Å². The highest BCUT2D eigenvalue weighted by atomic mass is 32.2. The Kier molecular flexibility index (Phi) is 4.92. The molecular weight excluding hydrogens is 331 g/mol. The second-order valence-electron chi connectivity index (χ2n) is 6.59. The van der Waals surface area contributed by atoms with E-state index in [4.69, 9.17) is 0 Å². The molecular formula is C17H23FN2O3S. The fourth-order valence-corrected chi connectivity index (χ4v) is 4.76. The van der Waals surface area contributed by atoms with Crippen LogP contribution in [0, 0.1) is 5.82 Å². The zero-order valence-electron chi connectivity index (χ0n) is 13.6. The van der Waals surface area contributed by atoms with Crippen LogP contribution >= 0.6 is 0 Å². The van der Waals surface area contributed by atoms with Crippen molar-refractivity contribution in [1.82, 2.24) is 9.62 Å². The maximum atomic E-state index is 14.0. The van der Waals surface area contributed by atoms with E-state index < -0.39 is 15.4 Å². The molecule has 3 rings (SSSR count). The van der Waals surface area contributed by atoms with Crippen molar-refractivity contribution in [2.45, 2.75) is 37.5 Å². The van der Waals surface area contributed by atoms with Crippen LogP contribution in [-0.4, -0.2) is 44.0 Å². The molecule has 1 aromatic rings. The van der Waals surface area contributed by atoms with Gasteiger partial charge in [-0.1, -0.05) is 24.6 Å². The van der Waals surface area contributed by atoms with E-state index in [2.05, 4.69) is 5.32 Å². The van der Waals surface area contributed by atoms with Crippen molar-refractivity contribution in [3.05, 3.63) is 35.6 Å². The molecule has 2 fully saturated rings. The second-order valence-corrected chi connectivity index (χ2v) is 8.68. The first kappa shape index (κ1) is 17.4. The summed E-state index contributed by atoms with van der Waals surface area (Å²) in [5, 5.41) is 2.69. The third kappa shape index (κ3) is 3.47. The van der Waals surface area contributed by atoms with E-state index in [9.17, 15) is 17.6 Å². The van der Waals surface area contributed by atoms with Crippen LogP contribution in [0.5, 0.6) is 0 Å². The number of rotatable bonds is 6. The average Bonchev–Trinajstić information content (AvgIpc) is 3.37. The topological polar surface area (TPSA) is 66.5 Å². The number of piperidine rings is 1. The van der Waals surface area contributed by atoms with Gasteiger partial charge in [0.2, 0.25) is 15.9 Å². The zero-order valence-corrected chi connectivity index (χ0v) is 14.4. The number of carbonyl (C=O) groups is 1. The first-order valence-corrected chi connectivity index (χ1v) is 10.1. The molecule has 0 unspecified atom stereocenters. The third-order valence-corrected chi connectivity index (χ3v) is 6.80. The number of nitrogens with zero attached hydrogens (tertiary/aromatic N) is 1. The van der Waals surface area contributed by atoms with Crippen LogP contribution in [0.1, 0.15) is 37.7 Å². The number of hydrogen-bond acceptors (Lipinski definition) is 3. The average molecular weight is 354 g/mol. The molecule has 1 saturated carbocycles. The summed E-state index contributed by atoms with van der Waals surface area (Å²) in [7, 11) is -3.33. The summed E-state index contributed by atoms with van der Waals surface area (Å²) < 4.78 is 40.0. The Hall–Kier alpha value is -1.47. The molecule has 2 aliphatic rings. The molecule has 1 aliphatic heterocycles. The Balaban J connectivity index is 1.57. The van der Waals surface area contributed by atoms with E-state index in [-0.39, 0.29) is 24.0 Å². The summed E-state index contributed by atoms with van der Waals surface area (Å²) in [6, 6.07) is 6.29. The van der Waals surface area contributed by atoms with Gasteiger partial charge in [-0.3, -0.25) is 4.79 Å². The normalized spacial score (nSPS) is 20.5. The molecule has 0 aromatic heterocycles. The van der Waals surface area contributed by atoms with Gasteiger partial charge < -0.3 is 5.32 Å². The van der Waals surface area contributed by atoms with E-state index in [0.29, 0.717) is 31.5 Å². The summed E-state index contributed by atoms with van der Waals surface area (Å²) in [5.41, 5.74) is -0.415. The van der Waals surface area contributed by atoms with Crippen LogP contribution < -0.4 is 5.32 Å². The number of halogens is 1. The van der Waals surface area contributed by atoms with Crippen molar-refractivity contribution < 1.29 is 17.6 Å². The molecule has 1 aromatic carbocycles. The van der Waals surface area contributed by atoms with Crippen LogP contribution in [0.25, 0.3) is 0 Å². The summed E-state index contributed by atoms with van der Waals surface area (Å²) >= 11 is 0. The van der Waals surface area contributed by atoms with E-state index in [1.54, 1.807) is 18.2 Å². The van der Waals surface area contributed by atoms with E-state index in [1.165, 1.54) is 10.4 Å². The number of amides is 1. The Labute approximate surface area is 142 Å². The standard InChI is InChI=1S/C17H23FN2O3S/c18-15-7-3-2-6-14(15)17(8-9-17)16(21)19-10-13-24(22,23)20-11-4-1-5-12-20/h2-3,6-7H,1,4-5,8-13H2,(H,19,21). The number of sulfonamides is 1. The van der Waals surface area contributed by atoms with Gasteiger partial charge in [-0.05, 0) is 31.7 Å². The minimum atomic E-state index is -3.33. The Morgan fingerprint density at radius 2 is 1.83 bits per heavy atom. The minimum Gasteiger partial charge on any atom is -0.354 e. The first-order valence-electron chi connectivity index (χ1n) is 8.47. The molecule has 24 heavy (non-hydrogen) atoms. The minimum absolute atomic E-state index is 0.0634. The van der Waals surface area contributed by atoms with Crippen molar-refractivity contribution in [1.29, 1.82) is 0 Å². The van der Waals surface area contributed by atoms with Gasteiger partial charge in [0, 0.05) is 25.2 Å². The maximum absolute atomic E-state index is 14.0. The molecule has 0 bridgehead atoms. The van der Waals surface area contributed by atoms with Crippen LogP contribution in [0.2, 0.25) is 0 Å². The lowest BCUT2D eigenvalue weighted by Gasteiger charge is -2.26. The molecule has 7 heteroatoms. The van der Waals surface area contributed by atoms with Gasteiger partial charge in [0.1, 0.15) is 5.82 Å². The van der Waals surface area contributed by atoms with Crippen molar-refractivity contribution in [3.8, 4) is 0 Å². The van der Waals surface area contributed by atoms with Crippen molar-refractivity contribution >= 4 is 15.9 Å². The number of hydrogen-bond donors (Lipinski definition) is 1. The number of benzene rings is 1. The predicted molar refractivity (Wildman–Crippen MR) is 89.5 cm³/mol. The van der Waals surface area contributed by atoms with Crippen molar-refractivity contribution in [3.63, 3.8) is 0 Å². The van der Waals surface area contributed by atoms with Crippen LogP contribution in [0.15, 0.2) is 24.3 Å². The van der Waals surface area contributed by atoms with Crippen molar-refractivity contribution in [2.24, 2.45) is 0 Å². The van der Waals surface area contributed by atoms with E-state index in [0.717, 1.165) is 19.3 Å². The van der Waals surface area contributed by atoms with E-state index >= 15 is 0 Å². The number of nitrogens with one attached hydrogen (secondary N) is 1. The van der Waals surface area contributed by atoms with Gasteiger partial charge in [-0.2, -0.15) is 0 Å². The van der Waals surface area contributed by atoms with Gasteiger partial charge >= 0.3 is 0 Å². The second kappa shape index (κ2) is 6.80. The van der Waals surface area contributed by atoms with Gasteiger partial charge in [0.15, 0.2) is 0 Å². The summed E-state index contributed by atoms with van der Waals surface area (Å²) in [5.74, 6) is -0.765. The highest BCUT2D eigenvalue weighted by Gasteiger charge is 2.52. The van der Waals surface area contributed by atoms with E-state index in [1.807, 2.05) is 0 Å². The highest BCUT2D eigenvalue weighted by molar-refractivity contribution is 7.89. The lowest BCUT2D eigenvalue weighted by molar-refractivity contribution is -0.123.